The van der Waals surface area contributed by atoms with Gasteiger partial charge in [-0.2, -0.15) is 0 Å². The summed E-state index contributed by atoms with van der Waals surface area (Å²) in [6.07, 6.45) is 0.696. The molecule has 2 fully saturated rings. The Morgan fingerprint density at radius 2 is 1.71 bits per heavy atom. The average molecular weight is 324 g/mol. The van der Waals surface area contributed by atoms with E-state index < -0.39 is 23.0 Å². The average Bonchev–Trinajstić information content (AvgIpc) is 2.97. The SMILES string of the molecule is O=C1Oc2ccccc2[C@]23OC[C@](c4ccccc4)(CC[C@]12O)O3. The standard InChI is InChI=1S/C19H16O5/c20-16-18(21)11-10-17(13-6-2-1-3-7-13)12-22-19(18,24-17)14-8-4-5-9-15(14)23-16/h1-9,21H,10-12H2/t17-,18-,19+/m0/s1. The van der Waals surface area contributed by atoms with Crippen LogP contribution >= 0.6 is 0 Å². The minimum absolute atomic E-state index is 0.217. The number of esters is 1. The summed E-state index contributed by atoms with van der Waals surface area (Å²) < 4.78 is 17.8. The third-order valence-corrected chi connectivity index (χ3v) is 5.36. The zero-order chi connectivity index (χ0) is 16.4. The van der Waals surface area contributed by atoms with E-state index in [0.29, 0.717) is 17.7 Å². The molecule has 24 heavy (non-hydrogen) atoms. The molecule has 0 radical (unpaired) electrons. The molecular weight excluding hydrogens is 308 g/mol. The molecule has 5 nitrogen and oxygen atoms in total. The van der Waals surface area contributed by atoms with Gasteiger partial charge >= 0.3 is 5.97 Å². The Kier molecular flexibility index (Phi) is 2.62. The van der Waals surface area contributed by atoms with Crippen molar-refractivity contribution in [3.05, 3.63) is 65.7 Å². The summed E-state index contributed by atoms with van der Waals surface area (Å²) in [6, 6.07) is 16.9. The largest absolute Gasteiger partial charge is 0.424 e. The summed E-state index contributed by atoms with van der Waals surface area (Å²) in [5, 5.41) is 11.1. The van der Waals surface area contributed by atoms with Crippen LogP contribution in [-0.2, 0) is 25.7 Å². The lowest BCUT2D eigenvalue weighted by Crippen LogP contribution is -2.64. The van der Waals surface area contributed by atoms with E-state index in [1.54, 1.807) is 18.2 Å². The molecule has 2 aromatic rings. The topological polar surface area (TPSA) is 65.0 Å². The van der Waals surface area contributed by atoms with Gasteiger partial charge in [0.25, 0.3) is 0 Å². The molecule has 2 bridgehead atoms. The molecule has 0 unspecified atom stereocenters. The summed E-state index contributed by atoms with van der Waals surface area (Å²) in [6.45, 7) is 0.279. The van der Waals surface area contributed by atoms with Crippen LogP contribution in [0, 0.1) is 0 Å². The number of carbonyl (C=O) groups excluding carboxylic acids is 1. The molecule has 0 amide bonds. The molecule has 2 saturated heterocycles. The third-order valence-electron chi connectivity index (χ3n) is 5.36. The van der Waals surface area contributed by atoms with Crippen molar-refractivity contribution in [3.8, 4) is 5.75 Å². The van der Waals surface area contributed by atoms with Crippen molar-refractivity contribution in [2.24, 2.45) is 0 Å². The molecule has 0 aromatic heterocycles. The first-order valence-corrected chi connectivity index (χ1v) is 8.04. The minimum Gasteiger partial charge on any atom is -0.424 e. The van der Waals surface area contributed by atoms with Crippen LogP contribution in [0.3, 0.4) is 0 Å². The molecule has 5 heteroatoms. The van der Waals surface area contributed by atoms with Crippen LogP contribution in [0.5, 0.6) is 5.75 Å². The number of hydrogen-bond donors (Lipinski definition) is 1. The maximum Gasteiger partial charge on any atom is 0.349 e. The van der Waals surface area contributed by atoms with Crippen LogP contribution in [0.1, 0.15) is 24.0 Å². The van der Waals surface area contributed by atoms with E-state index in [1.165, 1.54) is 0 Å². The highest BCUT2D eigenvalue weighted by molar-refractivity contribution is 5.86. The van der Waals surface area contributed by atoms with Gasteiger partial charge < -0.3 is 19.3 Å². The molecule has 1 spiro atoms. The summed E-state index contributed by atoms with van der Waals surface area (Å²) in [5.74, 6) is -1.87. The fourth-order valence-corrected chi connectivity index (χ4v) is 4.06. The van der Waals surface area contributed by atoms with Gasteiger partial charge in [0.1, 0.15) is 11.4 Å². The Morgan fingerprint density at radius 3 is 2.54 bits per heavy atom. The Balaban J connectivity index is 1.71. The smallest absolute Gasteiger partial charge is 0.349 e. The molecule has 122 valence electrons. The van der Waals surface area contributed by atoms with Crippen molar-refractivity contribution in [1.82, 2.24) is 0 Å². The van der Waals surface area contributed by atoms with Gasteiger partial charge in [0, 0.05) is 0 Å². The van der Waals surface area contributed by atoms with Gasteiger partial charge in [0.2, 0.25) is 11.4 Å². The van der Waals surface area contributed by atoms with Crippen LogP contribution in [0.2, 0.25) is 0 Å². The van der Waals surface area contributed by atoms with Gasteiger partial charge in [-0.05, 0) is 30.5 Å². The van der Waals surface area contributed by atoms with E-state index in [9.17, 15) is 9.90 Å². The van der Waals surface area contributed by atoms with Crippen LogP contribution < -0.4 is 4.74 Å². The molecule has 5 rings (SSSR count). The number of ether oxygens (including phenoxy) is 3. The van der Waals surface area contributed by atoms with Crippen LogP contribution in [0.4, 0.5) is 0 Å². The van der Waals surface area contributed by atoms with Crippen LogP contribution in [0.25, 0.3) is 0 Å². The predicted molar refractivity (Wildman–Crippen MR) is 83.1 cm³/mol. The quantitative estimate of drug-likeness (QED) is 0.644. The van der Waals surface area contributed by atoms with E-state index >= 15 is 0 Å². The first kappa shape index (κ1) is 14.2. The maximum atomic E-state index is 12.5. The van der Waals surface area contributed by atoms with E-state index in [1.807, 2.05) is 36.4 Å². The molecule has 3 heterocycles. The Labute approximate surface area is 138 Å². The summed E-state index contributed by atoms with van der Waals surface area (Å²) >= 11 is 0. The van der Waals surface area contributed by atoms with Crippen molar-refractivity contribution >= 4 is 5.97 Å². The number of aliphatic hydroxyl groups is 1. The van der Waals surface area contributed by atoms with Gasteiger partial charge in [-0.25, -0.2) is 4.79 Å². The molecule has 1 N–H and O–H groups in total. The van der Waals surface area contributed by atoms with Gasteiger partial charge in [-0.1, -0.05) is 42.5 Å². The monoisotopic (exact) mass is 324 g/mol. The number of hydrogen-bond acceptors (Lipinski definition) is 5. The van der Waals surface area contributed by atoms with Crippen molar-refractivity contribution < 1.29 is 24.1 Å². The highest BCUT2D eigenvalue weighted by Gasteiger charge is 2.73. The highest BCUT2D eigenvalue weighted by atomic mass is 16.8. The molecule has 3 aliphatic rings. The van der Waals surface area contributed by atoms with Gasteiger partial charge in [0.05, 0.1) is 12.2 Å². The highest BCUT2D eigenvalue weighted by Crippen LogP contribution is 2.61. The number of benzene rings is 2. The normalized spacial score (nSPS) is 36.6. The second-order valence-electron chi connectivity index (χ2n) is 6.61. The van der Waals surface area contributed by atoms with E-state index in [0.717, 1.165) is 5.56 Å². The number of fused-ring (bicyclic) bond motifs is 2. The predicted octanol–water partition coefficient (Wildman–Crippen LogP) is 2.23. The molecule has 0 saturated carbocycles. The molecule has 2 aromatic carbocycles. The van der Waals surface area contributed by atoms with Crippen molar-refractivity contribution in [1.29, 1.82) is 0 Å². The molecule has 3 aliphatic heterocycles. The summed E-state index contributed by atoms with van der Waals surface area (Å²) in [4.78, 5) is 12.5. The lowest BCUT2D eigenvalue weighted by atomic mass is 9.75. The zero-order valence-corrected chi connectivity index (χ0v) is 12.9. The first-order chi connectivity index (χ1) is 11.6. The second-order valence-corrected chi connectivity index (χ2v) is 6.61. The van der Waals surface area contributed by atoms with E-state index in [-0.39, 0.29) is 13.0 Å². The van der Waals surface area contributed by atoms with Crippen molar-refractivity contribution in [2.75, 3.05) is 6.61 Å². The third kappa shape index (κ3) is 1.52. The Hall–Kier alpha value is -2.21. The maximum absolute atomic E-state index is 12.5. The number of rotatable bonds is 1. The lowest BCUT2D eigenvalue weighted by Gasteiger charge is -2.49. The number of para-hydroxylation sites is 1. The fraction of sp³-hybridized carbons (Fsp3) is 0.316. The minimum atomic E-state index is -1.84. The second kappa shape index (κ2) is 4.45. The summed E-state index contributed by atoms with van der Waals surface area (Å²) in [7, 11) is 0. The van der Waals surface area contributed by atoms with Gasteiger partial charge in [-0.3, -0.25) is 0 Å². The van der Waals surface area contributed by atoms with Gasteiger partial charge in [-0.15, -0.1) is 0 Å². The Morgan fingerprint density at radius 1 is 0.958 bits per heavy atom. The van der Waals surface area contributed by atoms with E-state index in [2.05, 4.69) is 0 Å². The Bertz CT molecular complexity index is 835. The molecule has 0 aliphatic carbocycles. The lowest BCUT2D eigenvalue weighted by molar-refractivity contribution is -0.319. The van der Waals surface area contributed by atoms with Crippen molar-refractivity contribution in [3.63, 3.8) is 0 Å². The fourth-order valence-electron chi connectivity index (χ4n) is 4.06. The number of carbonyl (C=O) groups is 1. The zero-order valence-electron chi connectivity index (χ0n) is 12.9. The molecule has 3 atom stereocenters. The van der Waals surface area contributed by atoms with Crippen LogP contribution in [-0.4, -0.2) is 23.3 Å². The summed E-state index contributed by atoms with van der Waals surface area (Å²) in [5.41, 5.74) is -0.959. The van der Waals surface area contributed by atoms with Crippen LogP contribution in [0.15, 0.2) is 54.6 Å². The molecular formula is C19H16O5. The van der Waals surface area contributed by atoms with E-state index in [4.69, 9.17) is 14.2 Å². The van der Waals surface area contributed by atoms with Gasteiger partial charge in [0.15, 0.2) is 0 Å². The van der Waals surface area contributed by atoms with Crippen molar-refractivity contribution in [2.45, 2.75) is 29.8 Å². The first-order valence-electron chi connectivity index (χ1n) is 8.04.